The van der Waals surface area contributed by atoms with Gasteiger partial charge in [0.05, 0.1) is 12.2 Å². The van der Waals surface area contributed by atoms with Gasteiger partial charge in [0.2, 0.25) is 0 Å². The molecule has 0 radical (unpaired) electrons. The number of hydrogen-bond acceptors (Lipinski definition) is 3. The van der Waals surface area contributed by atoms with E-state index in [4.69, 9.17) is 4.74 Å². The summed E-state index contributed by atoms with van der Waals surface area (Å²) in [5.74, 6) is 2.55. The van der Waals surface area contributed by atoms with E-state index in [1.165, 1.54) is 25.8 Å². The molecule has 1 aliphatic carbocycles. The highest BCUT2D eigenvalue weighted by Crippen LogP contribution is 2.34. The summed E-state index contributed by atoms with van der Waals surface area (Å²) in [5, 5.41) is 3.57. The maximum absolute atomic E-state index is 5.86. The Balaban J connectivity index is 1.93. The van der Waals surface area contributed by atoms with Crippen LogP contribution in [0.3, 0.4) is 0 Å². The van der Waals surface area contributed by atoms with Crippen LogP contribution in [0, 0.1) is 17.8 Å². The molecule has 5 atom stereocenters. The molecule has 118 valence electrons. The molecule has 0 aromatic rings. The standard InChI is InChI=1S/C17H34N2O/c1-12(2)15-6-7-17(18-5)16(8-15)11-19-9-13(3)20-14(4)10-19/h12-18H,6-11H2,1-5H3. The lowest BCUT2D eigenvalue weighted by molar-refractivity contribution is -0.0746. The summed E-state index contributed by atoms with van der Waals surface area (Å²) < 4.78 is 5.86. The van der Waals surface area contributed by atoms with Gasteiger partial charge < -0.3 is 10.1 Å². The van der Waals surface area contributed by atoms with Gasteiger partial charge in [-0.15, -0.1) is 0 Å². The highest BCUT2D eigenvalue weighted by atomic mass is 16.5. The zero-order valence-corrected chi connectivity index (χ0v) is 14.1. The van der Waals surface area contributed by atoms with E-state index < -0.39 is 0 Å². The van der Waals surface area contributed by atoms with E-state index in [1.54, 1.807) is 0 Å². The fraction of sp³-hybridized carbons (Fsp3) is 1.00. The van der Waals surface area contributed by atoms with Gasteiger partial charge in [-0.1, -0.05) is 13.8 Å². The fourth-order valence-corrected chi connectivity index (χ4v) is 4.25. The second kappa shape index (κ2) is 7.24. The van der Waals surface area contributed by atoms with Crippen molar-refractivity contribution in [1.82, 2.24) is 10.2 Å². The lowest BCUT2D eigenvalue weighted by Gasteiger charge is -2.43. The number of rotatable bonds is 4. The molecule has 20 heavy (non-hydrogen) atoms. The molecule has 1 heterocycles. The number of ether oxygens (including phenoxy) is 1. The molecule has 1 saturated heterocycles. The smallest absolute Gasteiger partial charge is 0.0678 e. The number of morpholine rings is 1. The predicted octanol–water partition coefficient (Wildman–Crippen LogP) is 2.76. The average molecular weight is 282 g/mol. The van der Waals surface area contributed by atoms with Crippen molar-refractivity contribution in [2.24, 2.45) is 17.8 Å². The normalized spacial score (nSPS) is 40.2. The van der Waals surface area contributed by atoms with Gasteiger partial charge in [0.1, 0.15) is 0 Å². The first-order valence-electron chi connectivity index (χ1n) is 8.54. The van der Waals surface area contributed by atoms with Gasteiger partial charge in [-0.2, -0.15) is 0 Å². The van der Waals surface area contributed by atoms with Crippen LogP contribution in [0.5, 0.6) is 0 Å². The molecule has 2 aliphatic rings. The Morgan fingerprint density at radius 1 is 1.15 bits per heavy atom. The van der Waals surface area contributed by atoms with Crippen LogP contribution in [0.4, 0.5) is 0 Å². The van der Waals surface area contributed by atoms with Gasteiger partial charge in [-0.05, 0) is 57.9 Å². The molecule has 0 aromatic carbocycles. The minimum atomic E-state index is 0.385. The van der Waals surface area contributed by atoms with Crippen molar-refractivity contribution in [3.8, 4) is 0 Å². The van der Waals surface area contributed by atoms with Crippen LogP contribution in [-0.4, -0.2) is 49.8 Å². The third-order valence-corrected chi connectivity index (χ3v) is 5.32. The third kappa shape index (κ3) is 4.19. The maximum Gasteiger partial charge on any atom is 0.0678 e. The lowest BCUT2D eigenvalue weighted by Crippen LogP contribution is -2.51. The summed E-state index contributed by atoms with van der Waals surface area (Å²) in [6.07, 6.45) is 4.91. The predicted molar refractivity (Wildman–Crippen MR) is 85.0 cm³/mol. The first kappa shape index (κ1) is 16.3. The molecule has 1 N–H and O–H groups in total. The van der Waals surface area contributed by atoms with Crippen molar-refractivity contribution in [3.63, 3.8) is 0 Å². The Kier molecular flexibility index (Phi) is 5.88. The molecule has 3 heteroatoms. The van der Waals surface area contributed by atoms with Crippen molar-refractivity contribution >= 4 is 0 Å². The van der Waals surface area contributed by atoms with E-state index in [0.717, 1.165) is 30.8 Å². The van der Waals surface area contributed by atoms with E-state index in [9.17, 15) is 0 Å². The number of hydrogen-bond donors (Lipinski definition) is 1. The van der Waals surface area contributed by atoms with Crippen LogP contribution < -0.4 is 5.32 Å². The molecule has 3 nitrogen and oxygen atoms in total. The van der Waals surface area contributed by atoms with Gasteiger partial charge in [-0.25, -0.2) is 0 Å². The van der Waals surface area contributed by atoms with E-state index in [0.29, 0.717) is 18.2 Å². The quantitative estimate of drug-likeness (QED) is 0.858. The summed E-state index contributed by atoms with van der Waals surface area (Å²) in [4.78, 5) is 2.64. The zero-order valence-electron chi connectivity index (χ0n) is 14.1. The molecule has 0 amide bonds. The SMILES string of the molecule is CNC1CCC(C(C)C)CC1CN1CC(C)OC(C)C1. The molecular weight excluding hydrogens is 248 g/mol. The Bertz CT molecular complexity index is 285. The summed E-state index contributed by atoms with van der Waals surface area (Å²) >= 11 is 0. The Morgan fingerprint density at radius 3 is 2.35 bits per heavy atom. The fourth-order valence-electron chi connectivity index (χ4n) is 4.25. The van der Waals surface area contributed by atoms with Gasteiger partial charge in [0.15, 0.2) is 0 Å². The highest BCUT2D eigenvalue weighted by Gasteiger charge is 2.33. The largest absolute Gasteiger partial charge is 0.373 e. The minimum Gasteiger partial charge on any atom is -0.373 e. The summed E-state index contributed by atoms with van der Waals surface area (Å²) in [5.41, 5.74) is 0. The Labute approximate surface area is 125 Å². The summed E-state index contributed by atoms with van der Waals surface area (Å²) in [6, 6.07) is 0.707. The molecule has 5 unspecified atom stereocenters. The van der Waals surface area contributed by atoms with E-state index in [-0.39, 0.29) is 0 Å². The Morgan fingerprint density at radius 2 is 1.80 bits per heavy atom. The zero-order chi connectivity index (χ0) is 14.7. The van der Waals surface area contributed by atoms with E-state index in [2.05, 4.69) is 45.0 Å². The van der Waals surface area contributed by atoms with Crippen LogP contribution in [0.2, 0.25) is 0 Å². The summed E-state index contributed by atoms with van der Waals surface area (Å²) in [6.45, 7) is 12.6. The second-order valence-electron chi connectivity index (χ2n) is 7.45. The molecular formula is C17H34N2O. The minimum absolute atomic E-state index is 0.385. The summed E-state index contributed by atoms with van der Waals surface area (Å²) in [7, 11) is 2.14. The molecule has 2 rings (SSSR count). The van der Waals surface area contributed by atoms with Crippen molar-refractivity contribution in [2.75, 3.05) is 26.7 Å². The van der Waals surface area contributed by atoms with Crippen LogP contribution >= 0.6 is 0 Å². The van der Waals surface area contributed by atoms with Crippen LogP contribution in [0.15, 0.2) is 0 Å². The molecule has 2 fully saturated rings. The molecule has 1 aliphatic heterocycles. The van der Waals surface area contributed by atoms with E-state index >= 15 is 0 Å². The topological polar surface area (TPSA) is 24.5 Å². The van der Waals surface area contributed by atoms with Gasteiger partial charge in [0.25, 0.3) is 0 Å². The molecule has 0 bridgehead atoms. The van der Waals surface area contributed by atoms with Crippen LogP contribution in [0.25, 0.3) is 0 Å². The van der Waals surface area contributed by atoms with Gasteiger partial charge >= 0.3 is 0 Å². The molecule has 0 spiro atoms. The molecule has 1 saturated carbocycles. The van der Waals surface area contributed by atoms with Crippen molar-refractivity contribution < 1.29 is 4.74 Å². The van der Waals surface area contributed by atoms with Crippen molar-refractivity contribution in [2.45, 2.75) is 65.2 Å². The first-order valence-corrected chi connectivity index (χ1v) is 8.54. The first-order chi connectivity index (χ1) is 9.49. The average Bonchev–Trinajstić information content (AvgIpc) is 2.37. The van der Waals surface area contributed by atoms with Gasteiger partial charge in [-0.3, -0.25) is 4.90 Å². The van der Waals surface area contributed by atoms with Crippen LogP contribution in [0.1, 0.15) is 47.0 Å². The lowest BCUT2D eigenvalue weighted by atomic mass is 9.73. The molecule has 0 aromatic heterocycles. The van der Waals surface area contributed by atoms with Crippen molar-refractivity contribution in [3.05, 3.63) is 0 Å². The number of nitrogens with zero attached hydrogens (tertiary/aromatic N) is 1. The van der Waals surface area contributed by atoms with Gasteiger partial charge in [0, 0.05) is 25.7 Å². The second-order valence-corrected chi connectivity index (χ2v) is 7.45. The van der Waals surface area contributed by atoms with E-state index in [1.807, 2.05) is 0 Å². The Hall–Kier alpha value is -0.120. The maximum atomic E-state index is 5.86. The highest BCUT2D eigenvalue weighted by molar-refractivity contribution is 4.88. The third-order valence-electron chi connectivity index (χ3n) is 5.32. The monoisotopic (exact) mass is 282 g/mol. The van der Waals surface area contributed by atoms with Crippen LogP contribution in [-0.2, 0) is 4.74 Å². The number of nitrogens with one attached hydrogen (secondary N) is 1. The van der Waals surface area contributed by atoms with Crippen molar-refractivity contribution in [1.29, 1.82) is 0 Å².